The molecular weight excluding hydrogens is 387 g/mol. The summed E-state index contributed by atoms with van der Waals surface area (Å²) in [6, 6.07) is 6.76. The first kappa shape index (κ1) is 21.9. The number of aryl methyl sites for hydroxylation is 1. The molecule has 0 aromatic heterocycles. The predicted octanol–water partition coefficient (Wildman–Crippen LogP) is 6.14. The van der Waals surface area contributed by atoms with Gasteiger partial charge in [-0.1, -0.05) is 26.0 Å². The number of benzene rings is 1. The van der Waals surface area contributed by atoms with Crippen molar-refractivity contribution in [3.05, 3.63) is 35.6 Å². The molecule has 4 aliphatic rings. The lowest BCUT2D eigenvalue weighted by Crippen LogP contribution is -2.54. The van der Waals surface area contributed by atoms with Gasteiger partial charge in [0, 0.05) is 0 Å². The van der Waals surface area contributed by atoms with Gasteiger partial charge in [-0.3, -0.25) is 0 Å². The molecule has 0 radical (unpaired) electrons. The number of aliphatic hydroxyl groups is 2. The summed E-state index contributed by atoms with van der Waals surface area (Å²) < 4.78 is 13.2. The van der Waals surface area contributed by atoms with Gasteiger partial charge in [-0.25, -0.2) is 4.39 Å². The topological polar surface area (TPSA) is 40.5 Å². The lowest BCUT2D eigenvalue weighted by molar-refractivity contribution is -0.133. The van der Waals surface area contributed by atoms with Crippen molar-refractivity contribution in [1.29, 1.82) is 0 Å². The van der Waals surface area contributed by atoms with Crippen LogP contribution in [0, 0.1) is 46.2 Å². The maximum absolute atomic E-state index is 13.2. The van der Waals surface area contributed by atoms with E-state index in [2.05, 4.69) is 13.8 Å². The average Bonchev–Trinajstić information content (AvgIpc) is 3.11. The van der Waals surface area contributed by atoms with E-state index >= 15 is 0 Å². The molecule has 0 bridgehead atoms. The van der Waals surface area contributed by atoms with Crippen molar-refractivity contribution in [2.45, 2.75) is 96.7 Å². The highest BCUT2D eigenvalue weighted by atomic mass is 19.1. The van der Waals surface area contributed by atoms with E-state index in [0.29, 0.717) is 17.3 Å². The highest BCUT2D eigenvalue weighted by Crippen LogP contribution is 2.67. The molecule has 3 heteroatoms. The third kappa shape index (κ3) is 3.68. The first-order valence-corrected chi connectivity index (χ1v) is 12.9. The smallest absolute Gasteiger partial charge is 0.123 e. The molecule has 2 N–H and O–H groups in total. The van der Waals surface area contributed by atoms with E-state index in [1.54, 1.807) is 0 Å². The molecule has 0 amide bonds. The van der Waals surface area contributed by atoms with Crippen molar-refractivity contribution in [3.8, 4) is 0 Å². The molecule has 4 aliphatic carbocycles. The van der Waals surface area contributed by atoms with E-state index in [1.165, 1.54) is 50.7 Å². The Balaban J connectivity index is 1.28. The van der Waals surface area contributed by atoms with Crippen LogP contribution in [0.1, 0.15) is 83.6 Å². The fourth-order valence-electron chi connectivity index (χ4n) is 9.07. The zero-order valence-electron chi connectivity index (χ0n) is 19.4. The van der Waals surface area contributed by atoms with Crippen LogP contribution < -0.4 is 0 Å². The van der Waals surface area contributed by atoms with Crippen LogP contribution in [-0.2, 0) is 6.42 Å². The van der Waals surface area contributed by atoms with Gasteiger partial charge in [0.2, 0.25) is 0 Å². The van der Waals surface area contributed by atoms with Crippen molar-refractivity contribution < 1.29 is 14.6 Å². The van der Waals surface area contributed by atoms with E-state index in [-0.39, 0.29) is 23.4 Å². The van der Waals surface area contributed by atoms with Crippen LogP contribution in [0.3, 0.4) is 0 Å². The lowest BCUT2D eigenvalue weighted by atomic mass is 9.44. The van der Waals surface area contributed by atoms with Crippen LogP contribution >= 0.6 is 0 Å². The third-order valence-electron chi connectivity index (χ3n) is 10.8. The summed E-state index contributed by atoms with van der Waals surface area (Å²) in [5.41, 5.74) is 1.80. The molecule has 4 fully saturated rings. The second-order valence-corrected chi connectivity index (χ2v) is 12.0. The summed E-state index contributed by atoms with van der Waals surface area (Å²) in [6.45, 7) is 5.04. The number of hydrogen-bond donors (Lipinski definition) is 2. The van der Waals surface area contributed by atoms with Gasteiger partial charge in [-0.05, 0) is 129 Å². The maximum atomic E-state index is 13.2. The summed E-state index contributed by atoms with van der Waals surface area (Å²) in [5.74, 6) is 3.29. The van der Waals surface area contributed by atoms with Gasteiger partial charge in [0.25, 0.3) is 0 Å². The van der Waals surface area contributed by atoms with E-state index < -0.39 is 0 Å². The van der Waals surface area contributed by atoms with Gasteiger partial charge >= 0.3 is 0 Å². The number of fused-ring (bicyclic) bond motifs is 5. The van der Waals surface area contributed by atoms with E-state index in [4.69, 9.17) is 0 Å². The monoisotopic (exact) mass is 428 g/mol. The Morgan fingerprint density at radius 2 is 1.65 bits per heavy atom. The van der Waals surface area contributed by atoms with Gasteiger partial charge < -0.3 is 10.2 Å². The van der Waals surface area contributed by atoms with Gasteiger partial charge in [-0.2, -0.15) is 0 Å². The molecule has 0 unspecified atom stereocenters. The van der Waals surface area contributed by atoms with E-state index in [9.17, 15) is 14.6 Å². The Morgan fingerprint density at radius 1 is 0.935 bits per heavy atom. The van der Waals surface area contributed by atoms with Gasteiger partial charge in [-0.15, -0.1) is 0 Å². The van der Waals surface area contributed by atoms with Gasteiger partial charge in [0.05, 0.1) is 12.2 Å². The van der Waals surface area contributed by atoms with Crippen LogP contribution in [0.2, 0.25) is 0 Å². The fourth-order valence-corrected chi connectivity index (χ4v) is 9.07. The molecular formula is C28H41FO2. The standard InChI is InChI=1S/C28H41FO2/c1-27-15-13-21(30)17-19(27)6-9-22-23-10-11-25(28(23,2)16-14-24(22)27)26(31)12-5-18-3-7-20(29)8-4-18/h3-4,7-8,19,21-26,30-31H,5-6,9-17H2,1-2H3/t19-,21-,22-,23-,24-,25+,26-,27-,28-/m0/s1. The molecule has 1 aromatic rings. The average molecular weight is 429 g/mol. The number of hydrogen-bond acceptors (Lipinski definition) is 2. The number of aliphatic hydroxyl groups excluding tert-OH is 2. The maximum Gasteiger partial charge on any atom is 0.123 e. The molecule has 5 rings (SSSR count). The summed E-state index contributed by atoms with van der Waals surface area (Å²) in [6.07, 6.45) is 12.1. The van der Waals surface area contributed by atoms with Crippen molar-refractivity contribution in [2.75, 3.05) is 0 Å². The fraction of sp³-hybridized carbons (Fsp3) is 0.786. The highest BCUT2D eigenvalue weighted by Gasteiger charge is 2.60. The van der Waals surface area contributed by atoms with E-state index in [1.807, 2.05) is 12.1 Å². The summed E-state index contributed by atoms with van der Waals surface area (Å²) in [4.78, 5) is 0. The third-order valence-corrected chi connectivity index (χ3v) is 10.8. The Morgan fingerprint density at radius 3 is 2.42 bits per heavy atom. The summed E-state index contributed by atoms with van der Waals surface area (Å²) in [5, 5.41) is 21.5. The minimum Gasteiger partial charge on any atom is -0.393 e. The zero-order chi connectivity index (χ0) is 21.8. The van der Waals surface area contributed by atoms with Crippen LogP contribution in [-0.4, -0.2) is 22.4 Å². The molecule has 4 saturated carbocycles. The summed E-state index contributed by atoms with van der Waals surface area (Å²) in [7, 11) is 0. The molecule has 9 atom stereocenters. The second kappa shape index (κ2) is 8.13. The van der Waals surface area contributed by atoms with Gasteiger partial charge in [0.15, 0.2) is 0 Å². The van der Waals surface area contributed by atoms with Crippen LogP contribution in [0.4, 0.5) is 4.39 Å². The lowest BCUT2D eigenvalue weighted by Gasteiger charge is -2.61. The Hall–Kier alpha value is -0.930. The molecule has 1 aromatic carbocycles. The largest absolute Gasteiger partial charge is 0.393 e. The molecule has 2 nitrogen and oxygen atoms in total. The first-order valence-electron chi connectivity index (χ1n) is 12.9. The minimum atomic E-state index is -0.256. The molecule has 0 heterocycles. The minimum absolute atomic E-state index is 0.0735. The van der Waals surface area contributed by atoms with Crippen LogP contribution in [0.5, 0.6) is 0 Å². The molecule has 172 valence electrons. The Bertz CT molecular complexity index is 778. The predicted molar refractivity (Wildman–Crippen MR) is 122 cm³/mol. The normalized spacial score (nSPS) is 45.5. The van der Waals surface area contributed by atoms with Crippen molar-refractivity contribution in [1.82, 2.24) is 0 Å². The van der Waals surface area contributed by atoms with Crippen molar-refractivity contribution in [2.24, 2.45) is 40.4 Å². The Labute approximate surface area is 187 Å². The number of halogens is 1. The van der Waals surface area contributed by atoms with Gasteiger partial charge in [0.1, 0.15) is 5.82 Å². The Kier molecular flexibility index (Phi) is 5.74. The van der Waals surface area contributed by atoms with Crippen LogP contribution in [0.15, 0.2) is 24.3 Å². The zero-order valence-corrected chi connectivity index (χ0v) is 19.4. The molecule has 0 spiro atoms. The SMILES string of the molecule is C[C@]12CC[C@H](O)C[C@@H]1CC[C@@H]1[C@@H]2CC[C@]2(C)[C@@H]([C@@H](O)CCc3ccc(F)cc3)CC[C@@H]12. The second-order valence-electron chi connectivity index (χ2n) is 12.0. The molecule has 31 heavy (non-hydrogen) atoms. The number of rotatable bonds is 4. The van der Waals surface area contributed by atoms with Crippen molar-refractivity contribution >= 4 is 0 Å². The van der Waals surface area contributed by atoms with E-state index in [0.717, 1.165) is 55.4 Å². The quantitative estimate of drug-likeness (QED) is 0.605. The first-order chi connectivity index (χ1) is 14.8. The molecule has 0 saturated heterocycles. The molecule has 0 aliphatic heterocycles. The highest BCUT2D eigenvalue weighted by molar-refractivity contribution is 5.16. The summed E-state index contributed by atoms with van der Waals surface area (Å²) >= 11 is 0. The van der Waals surface area contributed by atoms with Crippen LogP contribution in [0.25, 0.3) is 0 Å². The van der Waals surface area contributed by atoms with Crippen molar-refractivity contribution in [3.63, 3.8) is 0 Å².